The van der Waals surface area contributed by atoms with Crippen LogP contribution in [0.3, 0.4) is 0 Å². The summed E-state index contributed by atoms with van der Waals surface area (Å²) in [5.41, 5.74) is 1.32. The van der Waals surface area contributed by atoms with E-state index in [4.69, 9.17) is 11.6 Å². The lowest BCUT2D eigenvalue weighted by molar-refractivity contribution is 0.281. The standard InChI is InChI=1S/C17H27ClN2/c1-3-11-20-12-4-5-17(10-13-20)19-14(2)15-6-8-16(18)9-7-15/h6-9,14,17,19H,3-5,10-13H2,1-2H3. The molecule has 1 N–H and O–H groups in total. The predicted octanol–water partition coefficient (Wildman–Crippen LogP) is 4.26. The minimum absolute atomic E-state index is 0.398. The van der Waals surface area contributed by atoms with Gasteiger partial charge in [-0.05, 0) is 69.9 Å². The third-order valence-corrected chi connectivity index (χ3v) is 4.47. The lowest BCUT2D eigenvalue weighted by atomic mass is 10.0. The molecule has 0 amide bonds. The smallest absolute Gasteiger partial charge is 0.0406 e. The van der Waals surface area contributed by atoms with E-state index in [0.717, 1.165) is 5.02 Å². The SMILES string of the molecule is CCCN1CCCC(NC(C)c2ccc(Cl)cc2)CC1. The molecule has 0 bridgehead atoms. The zero-order valence-corrected chi connectivity index (χ0v) is 13.5. The van der Waals surface area contributed by atoms with Gasteiger partial charge in [-0.25, -0.2) is 0 Å². The highest BCUT2D eigenvalue weighted by Crippen LogP contribution is 2.19. The number of benzene rings is 1. The van der Waals surface area contributed by atoms with Crippen molar-refractivity contribution in [1.82, 2.24) is 10.2 Å². The van der Waals surface area contributed by atoms with E-state index in [1.807, 2.05) is 12.1 Å². The number of rotatable bonds is 5. The Bertz CT molecular complexity index is 390. The molecule has 0 spiro atoms. The maximum absolute atomic E-state index is 5.95. The molecule has 1 fully saturated rings. The Morgan fingerprint density at radius 1 is 1.25 bits per heavy atom. The van der Waals surface area contributed by atoms with Crippen molar-refractivity contribution in [2.24, 2.45) is 0 Å². The molecule has 0 aromatic heterocycles. The molecular formula is C17H27ClN2. The average Bonchev–Trinajstić information content (AvgIpc) is 2.66. The van der Waals surface area contributed by atoms with Crippen LogP contribution < -0.4 is 5.32 Å². The zero-order chi connectivity index (χ0) is 14.4. The monoisotopic (exact) mass is 294 g/mol. The Labute approximate surface area is 128 Å². The van der Waals surface area contributed by atoms with Gasteiger partial charge in [-0.3, -0.25) is 0 Å². The van der Waals surface area contributed by atoms with Gasteiger partial charge in [0.1, 0.15) is 0 Å². The van der Waals surface area contributed by atoms with Crippen LogP contribution in [0, 0.1) is 0 Å². The first kappa shape index (κ1) is 15.8. The Balaban J connectivity index is 1.85. The van der Waals surface area contributed by atoms with Gasteiger partial charge in [-0.1, -0.05) is 30.7 Å². The summed E-state index contributed by atoms with van der Waals surface area (Å²) in [5, 5.41) is 4.60. The first-order chi connectivity index (χ1) is 9.69. The molecule has 0 radical (unpaired) electrons. The zero-order valence-electron chi connectivity index (χ0n) is 12.7. The number of nitrogens with zero attached hydrogens (tertiary/aromatic N) is 1. The van der Waals surface area contributed by atoms with E-state index in [2.05, 4.69) is 36.2 Å². The molecule has 112 valence electrons. The van der Waals surface area contributed by atoms with Gasteiger partial charge >= 0.3 is 0 Å². The van der Waals surface area contributed by atoms with E-state index >= 15 is 0 Å². The minimum atomic E-state index is 0.398. The van der Waals surface area contributed by atoms with Gasteiger partial charge in [-0.15, -0.1) is 0 Å². The Morgan fingerprint density at radius 3 is 2.70 bits per heavy atom. The summed E-state index contributed by atoms with van der Waals surface area (Å²) in [7, 11) is 0. The van der Waals surface area contributed by atoms with Crippen LogP contribution in [0.4, 0.5) is 0 Å². The second-order valence-corrected chi connectivity index (χ2v) is 6.35. The molecule has 2 unspecified atom stereocenters. The van der Waals surface area contributed by atoms with E-state index in [1.54, 1.807) is 0 Å². The quantitative estimate of drug-likeness (QED) is 0.873. The first-order valence-electron chi connectivity index (χ1n) is 7.93. The summed E-state index contributed by atoms with van der Waals surface area (Å²) in [6.45, 7) is 8.26. The number of nitrogens with one attached hydrogen (secondary N) is 1. The Kier molecular flexibility index (Phi) is 6.34. The molecule has 1 aromatic carbocycles. The second-order valence-electron chi connectivity index (χ2n) is 5.91. The molecule has 1 aliphatic heterocycles. The minimum Gasteiger partial charge on any atom is -0.307 e. The van der Waals surface area contributed by atoms with E-state index in [9.17, 15) is 0 Å². The Morgan fingerprint density at radius 2 is 2.00 bits per heavy atom. The van der Waals surface area contributed by atoms with Gasteiger partial charge in [0.15, 0.2) is 0 Å². The van der Waals surface area contributed by atoms with E-state index in [-0.39, 0.29) is 0 Å². The van der Waals surface area contributed by atoms with E-state index in [0.29, 0.717) is 12.1 Å². The van der Waals surface area contributed by atoms with Crippen LogP contribution in [0.1, 0.15) is 51.1 Å². The van der Waals surface area contributed by atoms with Gasteiger partial charge in [0.2, 0.25) is 0 Å². The number of hydrogen-bond acceptors (Lipinski definition) is 2. The molecule has 1 saturated heterocycles. The molecule has 0 saturated carbocycles. The molecule has 2 atom stereocenters. The molecular weight excluding hydrogens is 268 g/mol. The van der Waals surface area contributed by atoms with Gasteiger partial charge in [0, 0.05) is 17.1 Å². The molecule has 20 heavy (non-hydrogen) atoms. The molecule has 1 heterocycles. The number of likely N-dealkylation sites (tertiary alicyclic amines) is 1. The molecule has 3 heteroatoms. The largest absolute Gasteiger partial charge is 0.307 e. The van der Waals surface area contributed by atoms with E-state index in [1.165, 1.54) is 50.9 Å². The highest BCUT2D eigenvalue weighted by Gasteiger charge is 2.18. The van der Waals surface area contributed by atoms with Crippen molar-refractivity contribution in [1.29, 1.82) is 0 Å². The average molecular weight is 295 g/mol. The van der Waals surface area contributed by atoms with Crippen molar-refractivity contribution in [2.45, 2.75) is 51.6 Å². The highest BCUT2D eigenvalue weighted by molar-refractivity contribution is 6.30. The van der Waals surface area contributed by atoms with E-state index < -0.39 is 0 Å². The fraction of sp³-hybridized carbons (Fsp3) is 0.647. The summed E-state index contributed by atoms with van der Waals surface area (Å²) < 4.78 is 0. The summed E-state index contributed by atoms with van der Waals surface area (Å²) in [4.78, 5) is 2.61. The summed E-state index contributed by atoms with van der Waals surface area (Å²) in [6.07, 6.45) is 5.13. The molecule has 0 aliphatic carbocycles. The summed E-state index contributed by atoms with van der Waals surface area (Å²) in [5.74, 6) is 0. The van der Waals surface area contributed by atoms with Gasteiger partial charge in [0.25, 0.3) is 0 Å². The van der Waals surface area contributed by atoms with Crippen LogP contribution in [-0.2, 0) is 0 Å². The van der Waals surface area contributed by atoms with Crippen LogP contribution in [-0.4, -0.2) is 30.6 Å². The normalized spacial score (nSPS) is 22.4. The molecule has 2 nitrogen and oxygen atoms in total. The highest BCUT2D eigenvalue weighted by atomic mass is 35.5. The predicted molar refractivity (Wildman–Crippen MR) is 87.4 cm³/mol. The lowest BCUT2D eigenvalue weighted by Crippen LogP contribution is -2.33. The fourth-order valence-electron chi connectivity index (χ4n) is 3.06. The van der Waals surface area contributed by atoms with Crippen LogP contribution in [0.5, 0.6) is 0 Å². The van der Waals surface area contributed by atoms with Crippen molar-refractivity contribution in [3.8, 4) is 0 Å². The van der Waals surface area contributed by atoms with Crippen LogP contribution >= 0.6 is 11.6 Å². The van der Waals surface area contributed by atoms with Gasteiger partial charge in [-0.2, -0.15) is 0 Å². The topological polar surface area (TPSA) is 15.3 Å². The first-order valence-corrected chi connectivity index (χ1v) is 8.30. The molecule has 1 aliphatic rings. The van der Waals surface area contributed by atoms with Crippen molar-refractivity contribution in [3.63, 3.8) is 0 Å². The third kappa shape index (κ3) is 4.76. The second kappa shape index (κ2) is 8.02. The van der Waals surface area contributed by atoms with Crippen molar-refractivity contribution < 1.29 is 0 Å². The number of halogens is 1. The summed E-state index contributed by atoms with van der Waals surface area (Å²) in [6, 6.07) is 9.24. The molecule has 1 aromatic rings. The summed E-state index contributed by atoms with van der Waals surface area (Å²) >= 11 is 5.95. The van der Waals surface area contributed by atoms with Gasteiger partial charge < -0.3 is 10.2 Å². The lowest BCUT2D eigenvalue weighted by Gasteiger charge is -2.23. The van der Waals surface area contributed by atoms with Gasteiger partial charge in [0.05, 0.1) is 0 Å². The third-order valence-electron chi connectivity index (χ3n) is 4.22. The van der Waals surface area contributed by atoms with Crippen LogP contribution in [0.2, 0.25) is 5.02 Å². The van der Waals surface area contributed by atoms with Crippen molar-refractivity contribution in [3.05, 3.63) is 34.9 Å². The van der Waals surface area contributed by atoms with Crippen LogP contribution in [0.15, 0.2) is 24.3 Å². The van der Waals surface area contributed by atoms with Crippen LogP contribution in [0.25, 0.3) is 0 Å². The van der Waals surface area contributed by atoms with Crippen molar-refractivity contribution >= 4 is 11.6 Å². The fourth-order valence-corrected chi connectivity index (χ4v) is 3.19. The molecule has 2 rings (SSSR count). The van der Waals surface area contributed by atoms with Crippen molar-refractivity contribution in [2.75, 3.05) is 19.6 Å². The number of hydrogen-bond donors (Lipinski definition) is 1. The maximum atomic E-state index is 5.95. The Hall–Kier alpha value is -0.570. The maximum Gasteiger partial charge on any atom is 0.0406 e.